The van der Waals surface area contributed by atoms with Crippen LogP contribution in [0.2, 0.25) is 10.0 Å². The number of carbonyl (C=O) groups excluding carboxylic acids is 1. The summed E-state index contributed by atoms with van der Waals surface area (Å²) in [6.45, 7) is 1.88. The molecule has 0 aliphatic carbocycles. The molecule has 2 nitrogen and oxygen atoms in total. The molecule has 1 amide bonds. The van der Waals surface area contributed by atoms with E-state index in [1.807, 2.05) is 19.1 Å². The van der Waals surface area contributed by atoms with E-state index in [0.29, 0.717) is 14.9 Å². The number of amides is 1. The molecule has 2 rings (SSSR count). The zero-order valence-corrected chi connectivity index (χ0v) is 13.8. The van der Waals surface area contributed by atoms with Crippen LogP contribution in [0.3, 0.4) is 0 Å². The summed E-state index contributed by atoms with van der Waals surface area (Å²) in [5.74, 6) is -0.116. The number of carbonyl (C=O) groups is 1. The van der Waals surface area contributed by atoms with E-state index >= 15 is 0 Å². The molecule has 1 aromatic heterocycles. The summed E-state index contributed by atoms with van der Waals surface area (Å²) in [6, 6.07) is 8.69. The average Bonchev–Trinajstić information content (AvgIpc) is 2.75. The smallest absolute Gasteiger partial charge is 0.261 e. The highest BCUT2D eigenvalue weighted by Gasteiger charge is 2.15. The van der Waals surface area contributed by atoms with Gasteiger partial charge in [-0.1, -0.05) is 29.3 Å². The van der Waals surface area contributed by atoms with Crippen molar-refractivity contribution < 1.29 is 4.79 Å². The van der Waals surface area contributed by atoms with E-state index in [1.54, 1.807) is 18.2 Å². The van der Waals surface area contributed by atoms with Gasteiger partial charge in [0.15, 0.2) is 0 Å². The number of thiophene rings is 1. The van der Waals surface area contributed by atoms with Gasteiger partial charge < -0.3 is 5.32 Å². The first kappa shape index (κ1) is 14.9. The van der Waals surface area contributed by atoms with E-state index < -0.39 is 0 Å². The van der Waals surface area contributed by atoms with E-state index in [1.165, 1.54) is 11.3 Å². The van der Waals surface area contributed by atoms with E-state index in [2.05, 4.69) is 21.2 Å². The lowest BCUT2D eigenvalue weighted by atomic mass is 10.1. The molecular weight excluding hydrogens is 369 g/mol. The Morgan fingerprint density at radius 3 is 2.63 bits per heavy atom. The Morgan fingerprint density at radius 2 is 2.05 bits per heavy atom. The molecule has 0 aliphatic rings. The fourth-order valence-corrected chi connectivity index (χ4v) is 3.50. The van der Waals surface area contributed by atoms with Gasteiger partial charge in [-0.3, -0.25) is 4.79 Å². The monoisotopic (exact) mass is 377 g/mol. The fraction of sp³-hybridized carbons (Fsp3) is 0.154. The lowest BCUT2D eigenvalue weighted by Crippen LogP contribution is -2.26. The van der Waals surface area contributed by atoms with Crippen molar-refractivity contribution in [2.45, 2.75) is 13.0 Å². The Morgan fingerprint density at radius 1 is 1.32 bits per heavy atom. The number of hydrogen-bond acceptors (Lipinski definition) is 2. The van der Waals surface area contributed by atoms with Crippen LogP contribution in [0.5, 0.6) is 0 Å². The SMILES string of the molecule is C[C@@H](NC(=O)c1ccc(Br)s1)c1ccc(Cl)cc1Cl. The number of benzene rings is 1. The van der Waals surface area contributed by atoms with Gasteiger partial charge in [-0.25, -0.2) is 0 Å². The van der Waals surface area contributed by atoms with Crippen molar-refractivity contribution >= 4 is 56.4 Å². The number of rotatable bonds is 3. The van der Waals surface area contributed by atoms with Crippen LogP contribution in [0.25, 0.3) is 0 Å². The van der Waals surface area contributed by atoms with E-state index in [0.717, 1.165) is 9.35 Å². The standard InChI is InChI=1S/C13H10BrCl2NOS/c1-7(9-3-2-8(15)6-10(9)16)17-13(18)11-4-5-12(14)19-11/h2-7H,1H3,(H,17,18)/t7-/m1/s1. The van der Waals surface area contributed by atoms with E-state index in [-0.39, 0.29) is 11.9 Å². The molecule has 1 N–H and O–H groups in total. The molecule has 0 saturated heterocycles. The minimum absolute atomic E-state index is 0.116. The van der Waals surface area contributed by atoms with Gasteiger partial charge in [0.25, 0.3) is 5.91 Å². The highest BCUT2D eigenvalue weighted by Crippen LogP contribution is 2.27. The predicted octanol–water partition coefficient (Wildman–Crippen LogP) is 5.31. The molecule has 0 spiro atoms. The van der Waals surface area contributed by atoms with Crippen LogP contribution in [0.4, 0.5) is 0 Å². The van der Waals surface area contributed by atoms with Gasteiger partial charge in [0.05, 0.1) is 14.7 Å². The molecule has 2 aromatic rings. The quantitative estimate of drug-likeness (QED) is 0.770. The summed E-state index contributed by atoms with van der Waals surface area (Å²) >= 11 is 16.7. The lowest BCUT2D eigenvalue weighted by molar-refractivity contribution is 0.0944. The third kappa shape index (κ3) is 3.72. The largest absolute Gasteiger partial charge is 0.345 e. The Balaban J connectivity index is 2.12. The minimum atomic E-state index is -0.182. The number of halogens is 3. The molecule has 0 bridgehead atoms. The lowest BCUT2D eigenvalue weighted by Gasteiger charge is -2.15. The molecule has 1 aromatic carbocycles. The van der Waals surface area contributed by atoms with Crippen LogP contribution < -0.4 is 5.32 Å². The van der Waals surface area contributed by atoms with E-state index in [4.69, 9.17) is 23.2 Å². The predicted molar refractivity (Wildman–Crippen MR) is 84.4 cm³/mol. The number of hydrogen-bond donors (Lipinski definition) is 1. The second kappa shape index (κ2) is 6.27. The normalized spacial score (nSPS) is 12.2. The minimum Gasteiger partial charge on any atom is -0.345 e. The third-order valence-electron chi connectivity index (χ3n) is 2.57. The first-order valence-corrected chi connectivity index (χ1v) is 7.85. The zero-order valence-electron chi connectivity index (χ0n) is 9.91. The molecule has 0 unspecified atom stereocenters. The van der Waals surface area contributed by atoms with Crippen LogP contribution in [0.1, 0.15) is 28.2 Å². The van der Waals surface area contributed by atoms with Crippen molar-refractivity contribution in [2.75, 3.05) is 0 Å². The van der Waals surface area contributed by atoms with Gasteiger partial charge in [0.1, 0.15) is 0 Å². The van der Waals surface area contributed by atoms with Crippen molar-refractivity contribution in [3.63, 3.8) is 0 Å². The second-order valence-corrected chi connectivity index (χ2v) is 7.27. The van der Waals surface area contributed by atoms with E-state index in [9.17, 15) is 4.79 Å². The highest BCUT2D eigenvalue weighted by molar-refractivity contribution is 9.11. The van der Waals surface area contributed by atoms with Crippen molar-refractivity contribution in [3.05, 3.63) is 54.6 Å². The van der Waals surface area contributed by atoms with Crippen molar-refractivity contribution in [1.29, 1.82) is 0 Å². The van der Waals surface area contributed by atoms with Crippen molar-refractivity contribution in [3.8, 4) is 0 Å². The molecular formula is C13H10BrCl2NOS. The maximum atomic E-state index is 12.0. The van der Waals surface area contributed by atoms with Gasteiger partial charge in [0, 0.05) is 10.0 Å². The molecule has 0 radical (unpaired) electrons. The van der Waals surface area contributed by atoms with Crippen LogP contribution in [0, 0.1) is 0 Å². The first-order chi connectivity index (χ1) is 8.97. The van der Waals surface area contributed by atoms with Gasteiger partial charge in [-0.15, -0.1) is 11.3 Å². The van der Waals surface area contributed by atoms with Gasteiger partial charge >= 0.3 is 0 Å². The van der Waals surface area contributed by atoms with Gasteiger partial charge in [-0.05, 0) is 52.7 Å². The average molecular weight is 379 g/mol. The summed E-state index contributed by atoms with van der Waals surface area (Å²) < 4.78 is 0.926. The first-order valence-electron chi connectivity index (χ1n) is 5.48. The Labute approximate surface area is 133 Å². The molecule has 1 heterocycles. The maximum Gasteiger partial charge on any atom is 0.261 e. The maximum absolute atomic E-state index is 12.0. The second-order valence-electron chi connectivity index (χ2n) is 3.96. The van der Waals surface area contributed by atoms with Crippen LogP contribution in [-0.2, 0) is 0 Å². The van der Waals surface area contributed by atoms with Gasteiger partial charge in [-0.2, -0.15) is 0 Å². The zero-order chi connectivity index (χ0) is 14.0. The fourth-order valence-electron chi connectivity index (χ4n) is 1.63. The van der Waals surface area contributed by atoms with Crippen molar-refractivity contribution in [2.24, 2.45) is 0 Å². The van der Waals surface area contributed by atoms with Gasteiger partial charge in [0.2, 0.25) is 0 Å². The summed E-state index contributed by atoms with van der Waals surface area (Å²) in [5.41, 5.74) is 0.843. The highest BCUT2D eigenvalue weighted by atomic mass is 79.9. The third-order valence-corrected chi connectivity index (χ3v) is 4.76. The molecule has 0 saturated carbocycles. The summed E-state index contributed by atoms with van der Waals surface area (Å²) in [6.07, 6.45) is 0. The molecule has 6 heteroatoms. The summed E-state index contributed by atoms with van der Waals surface area (Å²) in [7, 11) is 0. The molecule has 0 aliphatic heterocycles. The Bertz CT molecular complexity index is 614. The van der Waals surface area contributed by atoms with Crippen LogP contribution >= 0.6 is 50.5 Å². The molecule has 100 valence electrons. The summed E-state index contributed by atoms with van der Waals surface area (Å²) in [5, 5.41) is 4.04. The number of nitrogens with one attached hydrogen (secondary N) is 1. The topological polar surface area (TPSA) is 29.1 Å². The van der Waals surface area contributed by atoms with Crippen LogP contribution in [-0.4, -0.2) is 5.91 Å². The molecule has 19 heavy (non-hydrogen) atoms. The Kier molecular flexibility index (Phi) is 4.90. The Hall–Kier alpha value is -0.550. The van der Waals surface area contributed by atoms with Crippen molar-refractivity contribution in [1.82, 2.24) is 5.32 Å². The molecule has 0 fully saturated rings. The van der Waals surface area contributed by atoms with Crippen LogP contribution in [0.15, 0.2) is 34.1 Å². The summed E-state index contributed by atoms with van der Waals surface area (Å²) in [4.78, 5) is 12.7. The molecule has 1 atom stereocenters.